The Kier molecular flexibility index (Phi) is 4.63. The van der Waals surface area contributed by atoms with Gasteiger partial charge in [-0.1, -0.05) is 23.7 Å². The molecule has 0 N–H and O–H groups in total. The number of aryl methyl sites for hydroxylation is 1. The van der Waals surface area contributed by atoms with E-state index < -0.39 is 0 Å². The van der Waals surface area contributed by atoms with Crippen LogP contribution in [0, 0.1) is 0 Å². The minimum Gasteiger partial charge on any atom is -0.377 e. The van der Waals surface area contributed by atoms with Crippen LogP contribution in [0.4, 0.5) is 0 Å². The summed E-state index contributed by atoms with van der Waals surface area (Å²) in [5, 5.41) is 0.719. The second kappa shape index (κ2) is 5.78. The summed E-state index contributed by atoms with van der Waals surface area (Å²) in [6.45, 7) is 0.202. The van der Waals surface area contributed by atoms with Crippen LogP contribution in [0.15, 0.2) is 24.3 Å². The fraction of sp³-hybridized carbons (Fsp3) is 0.364. The van der Waals surface area contributed by atoms with E-state index in [-0.39, 0.29) is 12.4 Å². The number of methoxy groups -OCH3 is 1. The molecule has 1 rings (SSSR count). The molecule has 0 saturated carbocycles. The van der Waals surface area contributed by atoms with E-state index in [0.29, 0.717) is 6.42 Å². The smallest absolute Gasteiger partial charge is 0.158 e. The van der Waals surface area contributed by atoms with Crippen molar-refractivity contribution in [2.75, 3.05) is 13.7 Å². The number of halogens is 1. The van der Waals surface area contributed by atoms with E-state index in [4.69, 9.17) is 16.3 Å². The Morgan fingerprint density at radius 2 is 2.00 bits per heavy atom. The molecule has 2 nitrogen and oxygen atoms in total. The summed E-state index contributed by atoms with van der Waals surface area (Å²) in [5.74, 6) is 0.127. The van der Waals surface area contributed by atoms with Crippen molar-refractivity contribution < 1.29 is 9.53 Å². The third kappa shape index (κ3) is 3.90. The Hall–Kier alpha value is -0.860. The number of ketones is 1. The van der Waals surface area contributed by atoms with E-state index in [1.54, 1.807) is 0 Å². The minimum atomic E-state index is 0.127. The fourth-order valence-electron chi connectivity index (χ4n) is 1.17. The summed E-state index contributed by atoms with van der Waals surface area (Å²) in [5.41, 5.74) is 1.12. The topological polar surface area (TPSA) is 26.3 Å². The zero-order chi connectivity index (χ0) is 10.4. The highest BCUT2D eigenvalue weighted by molar-refractivity contribution is 6.30. The Labute approximate surface area is 88.8 Å². The molecule has 3 heteroatoms. The molecule has 0 fully saturated rings. The normalized spacial score (nSPS) is 10.1. The van der Waals surface area contributed by atoms with Crippen LogP contribution >= 0.6 is 11.6 Å². The molecule has 0 spiro atoms. The van der Waals surface area contributed by atoms with Crippen LogP contribution in [0.5, 0.6) is 0 Å². The van der Waals surface area contributed by atoms with Gasteiger partial charge in [-0.3, -0.25) is 4.79 Å². The SMILES string of the molecule is COCC(=O)CCc1ccc(Cl)cc1. The number of carbonyl (C=O) groups is 1. The maximum Gasteiger partial charge on any atom is 0.158 e. The molecule has 14 heavy (non-hydrogen) atoms. The molecule has 0 radical (unpaired) electrons. The Balaban J connectivity index is 2.38. The van der Waals surface area contributed by atoms with Gasteiger partial charge in [0.15, 0.2) is 5.78 Å². The average Bonchev–Trinajstić information content (AvgIpc) is 2.17. The lowest BCUT2D eigenvalue weighted by Crippen LogP contribution is -2.07. The van der Waals surface area contributed by atoms with Gasteiger partial charge >= 0.3 is 0 Å². The van der Waals surface area contributed by atoms with Crippen LogP contribution in [0.3, 0.4) is 0 Å². The van der Waals surface area contributed by atoms with Crippen molar-refractivity contribution in [3.63, 3.8) is 0 Å². The number of ether oxygens (including phenoxy) is 1. The number of rotatable bonds is 5. The van der Waals surface area contributed by atoms with E-state index in [0.717, 1.165) is 17.0 Å². The first-order valence-corrected chi connectivity index (χ1v) is 4.85. The number of hydrogen-bond acceptors (Lipinski definition) is 2. The molecule has 0 heterocycles. The molecular weight excluding hydrogens is 200 g/mol. The summed E-state index contributed by atoms with van der Waals surface area (Å²) >= 11 is 5.74. The summed E-state index contributed by atoms with van der Waals surface area (Å²) in [4.78, 5) is 11.1. The van der Waals surface area contributed by atoms with Gasteiger partial charge in [0.1, 0.15) is 6.61 Å². The molecule has 0 aliphatic heterocycles. The molecule has 1 aromatic rings. The van der Waals surface area contributed by atoms with E-state index >= 15 is 0 Å². The maximum atomic E-state index is 11.1. The van der Waals surface area contributed by atoms with Crippen LogP contribution in [-0.4, -0.2) is 19.5 Å². The van der Waals surface area contributed by atoms with Gasteiger partial charge < -0.3 is 4.74 Å². The number of benzene rings is 1. The van der Waals surface area contributed by atoms with Crippen molar-refractivity contribution in [2.24, 2.45) is 0 Å². The molecule has 0 bridgehead atoms. The van der Waals surface area contributed by atoms with Crippen LogP contribution in [0.25, 0.3) is 0 Å². The number of carbonyl (C=O) groups excluding carboxylic acids is 1. The van der Waals surface area contributed by atoms with Crippen LogP contribution in [0.1, 0.15) is 12.0 Å². The van der Waals surface area contributed by atoms with Crippen LogP contribution in [0.2, 0.25) is 5.02 Å². The zero-order valence-electron chi connectivity index (χ0n) is 8.13. The van der Waals surface area contributed by atoms with Gasteiger partial charge in [-0.25, -0.2) is 0 Å². The Morgan fingerprint density at radius 1 is 1.36 bits per heavy atom. The molecule has 76 valence electrons. The van der Waals surface area contributed by atoms with Gasteiger partial charge in [-0.05, 0) is 24.1 Å². The molecule has 0 atom stereocenters. The summed E-state index contributed by atoms with van der Waals surface area (Å²) in [6.07, 6.45) is 1.27. The van der Waals surface area contributed by atoms with Crippen molar-refractivity contribution in [2.45, 2.75) is 12.8 Å². The van der Waals surface area contributed by atoms with Gasteiger partial charge in [-0.15, -0.1) is 0 Å². The Morgan fingerprint density at radius 3 is 2.57 bits per heavy atom. The van der Waals surface area contributed by atoms with Crippen LogP contribution in [-0.2, 0) is 16.0 Å². The van der Waals surface area contributed by atoms with E-state index in [1.807, 2.05) is 24.3 Å². The second-order valence-electron chi connectivity index (χ2n) is 3.10. The van der Waals surface area contributed by atoms with E-state index in [9.17, 15) is 4.79 Å². The van der Waals surface area contributed by atoms with Gasteiger partial charge in [0, 0.05) is 18.6 Å². The molecular formula is C11H13ClO2. The van der Waals surface area contributed by atoms with Crippen molar-refractivity contribution in [3.8, 4) is 0 Å². The molecule has 0 saturated heterocycles. The Bertz CT molecular complexity index is 293. The third-order valence-corrected chi connectivity index (χ3v) is 2.16. The monoisotopic (exact) mass is 212 g/mol. The molecule has 0 aliphatic rings. The first kappa shape index (κ1) is 11.2. The van der Waals surface area contributed by atoms with Gasteiger partial charge in [-0.2, -0.15) is 0 Å². The van der Waals surface area contributed by atoms with Crippen molar-refractivity contribution >= 4 is 17.4 Å². The summed E-state index contributed by atoms with van der Waals surface area (Å²) < 4.78 is 4.74. The van der Waals surface area contributed by atoms with Crippen molar-refractivity contribution in [3.05, 3.63) is 34.9 Å². The largest absolute Gasteiger partial charge is 0.377 e. The lowest BCUT2D eigenvalue weighted by molar-refractivity contribution is -0.122. The first-order valence-electron chi connectivity index (χ1n) is 4.47. The second-order valence-corrected chi connectivity index (χ2v) is 3.53. The summed E-state index contributed by atoms with van der Waals surface area (Å²) in [6, 6.07) is 7.53. The van der Waals surface area contributed by atoms with E-state index in [2.05, 4.69) is 0 Å². The number of Topliss-reactive ketones (excluding diaryl/α,β-unsaturated/α-hetero) is 1. The predicted molar refractivity (Wildman–Crippen MR) is 56.7 cm³/mol. The molecule has 1 aromatic carbocycles. The van der Waals surface area contributed by atoms with Gasteiger partial charge in [0.05, 0.1) is 0 Å². The predicted octanol–water partition coefficient (Wildman–Crippen LogP) is 2.49. The van der Waals surface area contributed by atoms with Crippen molar-refractivity contribution in [1.29, 1.82) is 0 Å². The van der Waals surface area contributed by atoms with Crippen LogP contribution < -0.4 is 0 Å². The average molecular weight is 213 g/mol. The lowest BCUT2D eigenvalue weighted by atomic mass is 10.1. The van der Waals surface area contributed by atoms with Gasteiger partial charge in [0.2, 0.25) is 0 Å². The highest BCUT2D eigenvalue weighted by Gasteiger charge is 2.01. The molecule has 0 aliphatic carbocycles. The third-order valence-electron chi connectivity index (χ3n) is 1.91. The van der Waals surface area contributed by atoms with E-state index in [1.165, 1.54) is 7.11 Å². The highest BCUT2D eigenvalue weighted by Crippen LogP contribution is 2.10. The molecule has 0 amide bonds. The molecule has 0 aromatic heterocycles. The summed E-state index contributed by atoms with van der Waals surface area (Å²) in [7, 11) is 1.53. The number of hydrogen-bond donors (Lipinski definition) is 0. The fourth-order valence-corrected chi connectivity index (χ4v) is 1.29. The molecule has 0 unspecified atom stereocenters. The maximum absolute atomic E-state index is 11.1. The van der Waals surface area contributed by atoms with Gasteiger partial charge in [0.25, 0.3) is 0 Å². The lowest BCUT2D eigenvalue weighted by Gasteiger charge is -2.00. The quantitative estimate of drug-likeness (QED) is 0.750. The highest BCUT2D eigenvalue weighted by atomic mass is 35.5. The van der Waals surface area contributed by atoms with Crippen molar-refractivity contribution in [1.82, 2.24) is 0 Å². The first-order chi connectivity index (χ1) is 6.72. The minimum absolute atomic E-state index is 0.127. The standard InChI is InChI=1S/C11H13ClO2/c1-14-8-11(13)7-4-9-2-5-10(12)6-3-9/h2-3,5-6H,4,7-8H2,1H3. The zero-order valence-corrected chi connectivity index (χ0v) is 8.88.